The van der Waals surface area contributed by atoms with Crippen LogP contribution >= 0.6 is 0 Å². The molecule has 102 valence electrons. The summed E-state index contributed by atoms with van der Waals surface area (Å²) >= 11 is 0. The largest absolute Gasteiger partial charge is 0.481 e. The molecule has 2 rings (SSSR count). The third kappa shape index (κ3) is 3.12. The summed E-state index contributed by atoms with van der Waals surface area (Å²) in [6, 6.07) is 6.94. The lowest BCUT2D eigenvalue weighted by Gasteiger charge is -2.35. The smallest absolute Gasteiger partial charge is 0.305 e. The summed E-state index contributed by atoms with van der Waals surface area (Å²) in [4.78, 5) is 24.9. The zero-order valence-corrected chi connectivity index (χ0v) is 10.8. The molecule has 5 nitrogen and oxygen atoms in total. The van der Waals surface area contributed by atoms with Gasteiger partial charge in [0.05, 0.1) is 25.7 Å². The van der Waals surface area contributed by atoms with E-state index < -0.39 is 12.0 Å². The van der Waals surface area contributed by atoms with Crippen LogP contribution < -0.4 is 0 Å². The summed E-state index contributed by atoms with van der Waals surface area (Å²) in [5, 5.41) is 8.90. The van der Waals surface area contributed by atoms with Crippen LogP contribution in [0.15, 0.2) is 24.3 Å². The summed E-state index contributed by atoms with van der Waals surface area (Å²) < 4.78 is 5.27. The Morgan fingerprint density at radius 3 is 2.84 bits per heavy atom. The number of nitrogens with zero attached hydrogens (tertiary/aromatic N) is 1. The number of aryl methyl sites for hydroxylation is 1. The minimum absolute atomic E-state index is 0.0857. The SMILES string of the molecule is Cc1ccccc1C(=O)N1CCOCC1CC(=O)O. The molecule has 5 heteroatoms. The third-order valence-electron chi connectivity index (χ3n) is 3.27. The number of hydrogen-bond acceptors (Lipinski definition) is 3. The number of carbonyl (C=O) groups is 2. The number of benzene rings is 1. The summed E-state index contributed by atoms with van der Waals surface area (Å²) in [7, 11) is 0. The zero-order valence-electron chi connectivity index (χ0n) is 10.8. The molecule has 1 heterocycles. The topological polar surface area (TPSA) is 66.8 Å². The van der Waals surface area contributed by atoms with Gasteiger partial charge in [-0.1, -0.05) is 18.2 Å². The average Bonchev–Trinajstić information content (AvgIpc) is 2.38. The van der Waals surface area contributed by atoms with Crippen LogP contribution in [-0.2, 0) is 9.53 Å². The van der Waals surface area contributed by atoms with E-state index in [-0.39, 0.29) is 18.9 Å². The fourth-order valence-electron chi connectivity index (χ4n) is 2.26. The lowest BCUT2D eigenvalue weighted by atomic mass is 10.1. The second kappa shape index (κ2) is 5.84. The highest BCUT2D eigenvalue weighted by Gasteiger charge is 2.30. The first-order valence-corrected chi connectivity index (χ1v) is 6.25. The summed E-state index contributed by atoms with van der Waals surface area (Å²) in [6.45, 7) is 3.04. The molecule has 1 aromatic carbocycles. The van der Waals surface area contributed by atoms with Gasteiger partial charge in [0.25, 0.3) is 5.91 Å². The Labute approximate surface area is 111 Å². The van der Waals surface area contributed by atoms with Crippen molar-refractivity contribution in [1.82, 2.24) is 4.90 Å². The Morgan fingerprint density at radius 1 is 1.42 bits per heavy atom. The van der Waals surface area contributed by atoms with Crippen LogP contribution in [0, 0.1) is 6.92 Å². The lowest BCUT2D eigenvalue weighted by Crippen LogP contribution is -2.49. The number of carbonyl (C=O) groups excluding carboxylic acids is 1. The summed E-state index contributed by atoms with van der Waals surface area (Å²) in [5.74, 6) is -1.04. The molecule has 1 unspecified atom stereocenters. The standard InChI is InChI=1S/C14H17NO4/c1-10-4-2-3-5-12(10)14(18)15-6-7-19-9-11(15)8-13(16)17/h2-5,11H,6-9H2,1H3,(H,16,17). The van der Waals surface area contributed by atoms with Gasteiger partial charge in [-0.05, 0) is 18.6 Å². The normalized spacial score (nSPS) is 19.2. The quantitative estimate of drug-likeness (QED) is 0.893. The second-order valence-corrected chi connectivity index (χ2v) is 4.64. The van der Waals surface area contributed by atoms with Gasteiger partial charge in [0, 0.05) is 12.1 Å². The summed E-state index contributed by atoms with van der Waals surface area (Å²) in [6.07, 6.45) is -0.0857. The number of morpholine rings is 1. The van der Waals surface area contributed by atoms with Crippen molar-refractivity contribution in [2.75, 3.05) is 19.8 Å². The molecule has 19 heavy (non-hydrogen) atoms. The number of hydrogen-bond donors (Lipinski definition) is 1. The molecule has 0 aromatic heterocycles. The Kier molecular flexibility index (Phi) is 4.16. The summed E-state index contributed by atoms with van der Waals surface area (Å²) in [5.41, 5.74) is 1.52. The van der Waals surface area contributed by atoms with Crippen LogP contribution in [0.25, 0.3) is 0 Å². The van der Waals surface area contributed by atoms with Gasteiger partial charge in [-0.3, -0.25) is 9.59 Å². The molecule has 0 saturated carbocycles. The Balaban J connectivity index is 2.20. The highest BCUT2D eigenvalue weighted by Crippen LogP contribution is 2.17. The van der Waals surface area contributed by atoms with Crippen molar-refractivity contribution in [2.45, 2.75) is 19.4 Å². The molecule has 0 radical (unpaired) electrons. The third-order valence-corrected chi connectivity index (χ3v) is 3.27. The van der Waals surface area contributed by atoms with Gasteiger partial charge in [-0.25, -0.2) is 0 Å². The zero-order chi connectivity index (χ0) is 13.8. The van der Waals surface area contributed by atoms with Crippen LogP contribution in [0.1, 0.15) is 22.3 Å². The number of aliphatic carboxylic acids is 1. The molecule has 0 aliphatic carbocycles. The first kappa shape index (κ1) is 13.5. The van der Waals surface area contributed by atoms with Crippen LogP contribution in [-0.4, -0.2) is 47.7 Å². The molecule has 0 spiro atoms. The fourth-order valence-corrected chi connectivity index (χ4v) is 2.26. The number of ether oxygens (including phenoxy) is 1. The van der Waals surface area contributed by atoms with Gasteiger partial charge >= 0.3 is 5.97 Å². The minimum atomic E-state index is -0.918. The van der Waals surface area contributed by atoms with Crippen molar-refractivity contribution < 1.29 is 19.4 Å². The second-order valence-electron chi connectivity index (χ2n) is 4.64. The molecule has 1 N–H and O–H groups in total. The van der Waals surface area contributed by atoms with Gasteiger partial charge in [-0.2, -0.15) is 0 Å². The van der Waals surface area contributed by atoms with Crippen LogP contribution in [0.5, 0.6) is 0 Å². The van der Waals surface area contributed by atoms with E-state index in [1.165, 1.54) is 0 Å². The van der Waals surface area contributed by atoms with E-state index in [0.717, 1.165) is 5.56 Å². The molecule has 1 aliphatic rings. The van der Waals surface area contributed by atoms with Crippen molar-refractivity contribution in [1.29, 1.82) is 0 Å². The molecule has 0 bridgehead atoms. The van der Waals surface area contributed by atoms with Crippen LogP contribution in [0.4, 0.5) is 0 Å². The van der Waals surface area contributed by atoms with Gasteiger partial charge in [-0.15, -0.1) is 0 Å². The van der Waals surface area contributed by atoms with E-state index in [0.29, 0.717) is 18.7 Å². The van der Waals surface area contributed by atoms with Crippen molar-refractivity contribution in [3.05, 3.63) is 35.4 Å². The van der Waals surface area contributed by atoms with E-state index in [9.17, 15) is 9.59 Å². The van der Waals surface area contributed by atoms with E-state index in [4.69, 9.17) is 9.84 Å². The monoisotopic (exact) mass is 263 g/mol. The van der Waals surface area contributed by atoms with Crippen LogP contribution in [0.3, 0.4) is 0 Å². The molecular formula is C14H17NO4. The lowest BCUT2D eigenvalue weighted by molar-refractivity contribution is -0.139. The van der Waals surface area contributed by atoms with E-state index in [2.05, 4.69) is 0 Å². The molecule has 1 fully saturated rings. The number of carboxylic acids is 1. The maximum absolute atomic E-state index is 12.5. The van der Waals surface area contributed by atoms with E-state index in [1.807, 2.05) is 25.1 Å². The Morgan fingerprint density at radius 2 is 2.16 bits per heavy atom. The van der Waals surface area contributed by atoms with Crippen LogP contribution in [0.2, 0.25) is 0 Å². The fraction of sp³-hybridized carbons (Fsp3) is 0.429. The van der Waals surface area contributed by atoms with Gasteiger partial charge in [0.15, 0.2) is 0 Å². The van der Waals surface area contributed by atoms with Crippen molar-refractivity contribution >= 4 is 11.9 Å². The first-order valence-electron chi connectivity index (χ1n) is 6.25. The Bertz CT molecular complexity index is 486. The van der Waals surface area contributed by atoms with Gasteiger partial charge in [0.2, 0.25) is 0 Å². The van der Waals surface area contributed by atoms with Gasteiger partial charge in [0.1, 0.15) is 0 Å². The molecule has 1 aliphatic heterocycles. The number of amides is 1. The molecule has 1 aromatic rings. The van der Waals surface area contributed by atoms with E-state index >= 15 is 0 Å². The minimum Gasteiger partial charge on any atom is -0.481 e. The maximum atomic E-state index is 12.5. The number of rotatable bonds is 3. The molecule has 1 amide bonds. The predicted molar refractivity (Wildman–Crippen MR) is 69.1 cm³/mol. The van der Waals surface area contributed by atoms with E-state index in [1.54, 1.807) is 11.0 Å². The molecule has 1 atom stereocenters. The Hall–Kier alpha value is -1.88. The number of carboxylic acid groups (broad SMARTS) is 1. The maximum Gasteiger partial charge on any atom is 0.305 e. The van der Waals surface area contributed by atoms with Gasteiger partial charge < -0.3 is 14.7 Å². The predicted octanol–water partition coefficient (Wildman–Crippen LogP) is 1.31. The molecule has 1 saturated heterocycles. The highest BCUT2D eigenvalue weighted by atomic mass is 16.5. The van der Waals surface area contributed by atoms with Crippen molar-refractivity contribution in [2.24, 2.45) is 0 Å². The first-order chi connectivity index (χ1) is 9.09. The highest BCUT2D eigenvalue weighted by molar-refractivity contribution is 5.96. The molecular weight excluding hydrogens is 246 g/mol. The van der Waals surface area contributed by atoms with Crippen molar-refractivity contribution in [3.63, 3.8) is 0 Å². The van der Waals surface area contributed by atoms with Crippen molar-refractivity contribution in [3.8, 4) is 0 Å². The average molecular weight is 263 g/mol.